The molecule has 194 valence electrons. The number of hydrogen-bond acceptors (Lipinski definition) is 7. The van der Waals surface area contributed by atoms with E-state index in [2.05, 4.69) is 25.7 Å². The minimum Gasteiger partial charge on any atom is -0.453 e. The largest absolute Gasteiger partial charge is 0.453 e. The van der Waals surface area contributed by atoms with Gasteiger partial charge in [0, 0.05) is 37.5 Å². The number of ether oxygens (including phenoxy) is 1. The molecular formula is C25H26ClN5O6. The fourth-order valence-electron chi connectivity index (χ4n) is 4.04. The summed E-state index contributed by atoms with van der Waals surface area (Å²) >= 11 is 5.84. The molecule has 0 saturated carbocycles. The second-order valence-electron chi connectivity index (χ2n) is 8.48. The number of rotatable bonds is 8. The van der Waals surface area contributed by atoms with Crippen LogP contribution in [-0.4, -0.2) is 59.9 Å². The molecule has 12 heteroatoms. The van der Waals surface area contributed by atoms with Gasteiger partial charge in [-0.15, -0.1) is 0 Å². The van der Waals surface area contributed by atoms with Gasteiger partial charge in [-0.05, 0) is 37.1 Å². The number of carbonyl (C=O) groups is 4. The third kappa shape index (κ3) is 6.56. The highest BCUT2D eigenvalue weighted by atomic mass is 35.5. The molecule has 0 spiro atoms. The van der Waals surface area contributed by atoms with Gasteiger partial charge in [0.25, 0.3) is 5.91 Å². The molecule has 1 saturated heterocycles. The Morgan fingerprint density at radius 1 is 1.14 bits per heavy atom. The van der Waals surface area contributed by atoms with E-state index in [0.717, 1.165) is 0 Å². The van der Waals surface area contributed by atoms with Gasteiger partial charge in [0.15, 0.2) is 0 Å². The minimum absolute atomic E-state index is 0.0661. The van der Waals surface area contributed by atoms with Crippen LogP contribution in [0.1, 0.15) is 36.2 Å². The first kappa shape index (κ1) is 26.0. The molecule has 1 fully saturated rings. The number of likely N-dealkylation sites (tertiary alicyclic amines) is 1. The zero-order chi connectivity index (χ0) is 26.4. The molecule has 11 nitrogen and oxygen atoms in total. The lowest BCUT2D eigenvalue weighted by Gasteiger charge is -2.16. The van der Waals surface area contributed by atoms with Crippen molar-refractivity contribution in [2.24, 2.45) is 0 Å². The van der Waals surface area contributed by atoms with E-state index in [1.807, 2.05) is 0 Å². The second-order valence-corrected chi connectivity index (χ2v) is 8.92. The van der Waals surface area contributed by atoms with E-state index >= 15 is 0 Å². The van der Waals surface area contributed by atoms with Crippen molar-refractivity contribution < 1.29 is 28.3 Å². The van der Waals surface area contributed by atoms with Crippen molar-refractivity contribution in [1.29, 1.82) is 0 Å². The Kier molecular flexibility index (Phi) is 8.24. The molecule has 2 aromatic heterocycles. The van der Waals surface area contributed by atoms with Crippen LogP contribution in [0.3, 0.4) is 0 Å². The van der Waals surface area contributed by atoms with Crippen LogP contribution in [0, 0.1) is 0 Å². The standard InChI is InChI=1S/C25H26ClN5O6/c1-36-25(35)28-16-11-12-31(14-16)21(33)8-4-7-20(32)30-22-17-5-2-3-6-18(17)37-23(22)24(34)29-19-10-9-15(26)13-27-19/h2-3,5-6,9-10,13,16H,4,7-8,11-12,14H2,1H3,(H,28,35)(H,30,32)(H,27,29,34). The summed E-state index contributed by atoms with van der Waals surface area (Å²) in [7, 11) is 1.29. The molecule has 1 aliphatic heterocycles. The summed E-state index contributed by atoms with van der Waals surface area (Å²) in [5, 5.41) is 9.08. The number of nitrogens with one attached hydrogen (secondary N) is 3. The molecule has 1 atom stereocenters. The first-order chi connectivity index (χ1) is 17.8. The minimum atomic E-state index is -0.583. The maximum atomic E-state index is 12.9. The normalized spacial score (nSPS) is 14.9. The number of fused-ring (bicyclic) bond motifs is 1. The summed E-state index contributed by atoms with van der Waals surface area (Å²) in [5.41, 5.74) is 0.681. The van der Waals surface area contributed by atoms with Crippen molar-refractivity contribution >= 4 is 57.9 Å². The highest BCUT2D eigenvalue weighted by molar-refractivity contribution is 6.30. The van der Waals surface area contributed by atoms with E-state index in [9.17, 15) is 19.2 Å². The number of hydrogen-bond donors (Lipinski definition) is 3. The molecule has 37 heavy (non-hydrogen) atoms. The van der Waals surface area contributed by atoms with Crippen molar-refractivity contribution in [2.45, 2.75) is 31.7 Å². The molecule has 4 rings (SSSR count). The van der Waals surface area contributed by atoms with E-state index in [0.29, 0.717) is 41.9 Å². The summed E-state index contributed by atoms with van der Waals surface area (Å²) in [6.45, 7) is 0.934. The van der Waals surface area contributed by atoms with Gasteiger partial charge in [-0.25, -0.2) is 9.78 Å². The van der Waals surface area contributed by atoms with Gasteiger partial charge in [-0.1, -0.05) is 23.7 Å². The van der Waals surface area contributed by atoms with Crippen LogP contribution in [0.2, 0.25) is 5.02 Å². The molecule has 0 radical (unpaired) electrons. The Balaban J connectivity index is 1.35. The zero-order valence-electron chi connectivity index (χ0n) is 20.1. The molecule has 1 aromatic carbocycles. The van der Waals surface area contributed by atoms with Crippen molar-refractivity contribution in [1.82, 2.24) is 15.2 Å². The molecule has 0 aliphatic carbocycles. The van der Waals surface area contributed by atoms with Gasteiger partial charge in [-0.2, -0.15) is 0 Å². The maximum absolute atomic E-state index is 12.9. The van der Waals surface area contributed by atoms with Crippen LogP contribution >= 0.6 is 11.6 Å². The van der Waals surface area contributed by atoms with E-state index in [-0.39, 0.29) is 48.0 Å². The molecule has 3 aromatic rings. The average molecular weight is 528 g/mol. The quantitative estimate of drug-likeness (QED) is 0.404. The fraction of sp³-hybridized carbons (Fsp3) is 0.320. The second kappa shape index (κ2) is 11.7. The van der Waals surface area contributed by atoms with Crippen molar-refractivity contribution in [2.75, 3.05) is 30.8 Å². The van der Waals surface area contributed by atoms with Crippen LogP contribution in [0.15, 0.2) is 47.0 Å². The number of methoxy groups -OCH3 is 1. The summed E-state index contributed by atoms with van der Waals surface area (Å²) < 4.78 is 10.3. The van der Waals surface area contributed by atoms with Crippen LogP contribution in [0.25, 0.3) is 11.0 Å². The Morgan fingerprint density at radius 3 is 2.70 bits per heavy atom. The van der Waals surface area contributed by atoms with E-state index in [1.54, 1.807) is 41.3 Å². The number of benzene rings is 1. The molecule has 4 amide bonds. The molecule has 1 unspecified atom stereocenters. The molecule has 3 heterocycles. The number of aromatic nitrogens is 1. The monoisotopic (exact) mass is 527 g/mol. The summed E-state index contributed by atoms with van der Waals surface area (Å²) in [5.74, 6) is -0.822. The lowest BCUT2D eigenvalue weighted by Crippen LogP contribution is -2.38. The Bertz CT molecular complexity index is 1310. The first-order valence-corrected chi connectivity index (χ1v) is 12.1. The topological polar surface area (TPSA) is 143 Å². The summed E-state index contributed by atoms with van der Waals surface area (Å²) in [4.78, 5) is 55.2. The van der Waals surface area contributed by atoms with Gasteiger partial charge in [0.2, 0.25) is 17.6 Å². The lowest BCUT2D eigenvalue weighted by atomic mass is 10.2. The first-order valence-electron chi connectivity index (χ1n) is 11.7. The smallest absolute Gasteiger partial charge is 0.407 e. The van der Waals surface area contributed by atoms with E-state index < -0.39 is 12.0 Å². The number of alkyl carbamates (subject to hydrolysis) is 1. The van der Waals surface area contributed by atoms with Crippen molar-refractivity contribution in [3.63, 3.8) is 0 Å². The number of pyridine rings is 1. The van der Waals surface area contributed by atoms with Gasteiger partial charge < -0.3 is 30.0 Å². The van der Waals surface area contributed by atoms with E-state index in [1.165, 1.54) is 13.3 Å². The highest BCUT2D eigenvalue weighted by Crippen LogP contribution is 2.31. The van der Waals surface area contributed by atoms with Crippen LogP contribution in [-0.2, 0) is 14.3 Å². The van der Waals surface area contributed by atoms with Crippen LogP contribution < -0.4 is 16.0 Å². The highest BCUT2D eigenvalue weighted by Gasteiger charge is 2.27. The predicted molar refractivity (Wildman–Crippen MR) is 136 cm³/mol. The molecule has 1 aliphatic rings. The summed E-state index contributed by atoms with van der Waals surface area (Å²) in [6.07, 6.45) is 2.09. The third-order valence-electron chi connectivity index (χ3n) is 5.88. The molecular weight excluding hydrogens is 502 g/mol. The number of carbonyl (C=O) groups excluding carboxylic acids is 4. The van der Waals surface area contributed by atoms with E-state index in [4.69, 9.17) is 16.0 Å². The number of nitrogens with zero attached hydrogens (tertiary/aromatic N) is 2. The van der Waals surface area contributed by atoms with Gasteiger partial charge >= 0.3 is 6.09 Å². The molecule has 0 bridgehead atoms. The Hall–Kier alpha value is -4.12. The van der Waals surface area contributed by atoms with Gasteiger partial charge in [0.1, 0.15) is 17.1 Å². The maximum Gasteiger partial charge on any atom is 0.407 e. The number of para-hydroxylation sites is 1. The predicted octanol–water partition coefficient (Wildman–Crippen LogP) is 3.80. The van der Waals surface area contributed by atoms with Crippen LogP contribution in [0.5, 0.6) is 0 Å². The SMILES string of the molecule is COC(=O)NC1CCN(C(=O)CCCC(=O)Nc2c(C(=O)Nc3ccc(Cl)cn3)oc3ccccc23)C1. The number of anilines is 2. The Labute approximate surface area is 217 Å². The van der Waals surface area contributed by atoms with Crippen LogP contribution in [0.4, 0.5) is 16.3 Å². The number of furan rings is 1. The third-order valence-corrected chi connectivity index (χ3v) is 6.10. The van der Waals surface area contributed by atoms with Gasteiger partial charge in [-0.3, -0.25) is 14.4 Å². The molecule has 3 N–H and O–H groups in total. The van der Waals surface area contributed by atoms with Crippen molar-refractivity contribution in [3.05, 3.63) is 53.4 Å². The number of amides is 4. The average Bonchev–Trinajstić information content (AvgIpc) is 3.50. The fourth-order valence-corrected chi connectivity index (χ4v) is 4.15. The zero-order valence-corrected chi connectivity index (χ0v) is 20.8. The van der Waals surface area contributed by atoms with Gasteiger partial charge in [0.05, 0.1) is 18.2 Å². The Morgan fingerprint density at radius 2 is 1.95 bits per heavy atom. The van der Waals surface area contributed by atoms with Crippen molar-refractivity contribution in [3.8, 4) is 0 Å². The summed E-state index contributed by atoms with van der Waals surface area (Å²) in [6, 6.07) is 9.95. The number of halogens is 1. The lowest BCUT2D eigenvalue weighted by molar-refractivity contribution is -0.130.